The predicted molar refractivity (Wildman–Crippen MR) is 82.8 cm³/mol. The van der Waals surface area contributed by atoms with E-state index in [2.05, 4.69) is 33.5 Å². The minimum Gasteiger partial charge on any atom is -0.490 e. The molecule has 108 valence electrons. The molecule has 0 aliphatic rings. The minimum absolute atomic E-state index is 0.268. The lowest BCUT2D eigenvalue weighted by molar-refractivity contribution is 0.106. The van der Waals surface area contributed by atoms with Gasteiger partial charge in [0.15, 0.2) is 0 Å². The van der Waals surface area contributed by atoms with E-state index in [1.54, 1.807) is 0 Å². The van der Waals surface area contributed by atoms with Crippen molar-refractivity contribution in [3.05, 3.63) is 52.8 Å². The molecule has 0 fully saturated rings. The van der Waals surface area contributed by atoms with Gasteiger partial charge in [0.25, 0.3) is 0 Å². The zero-order valence-corrected chi connectivity index (χ0v) is 13.0. The number of ether oxygens (including phenoxy) is 1. The van der Waals surface area contributed by atoms with Crippen molar-refractivity contribution in [2.24, 2.45) is 7.05 Å². The first-order chi connectivity index (χ1) is 9.65. The summed E-state index contributed by atoms with van der Waals surface area (Å²) in [4.78, 5) is 0. The summed E-state index contributed by atoms with van der Waals surface area (Å²) >= 11 is 3.41. The van der Waals surface area contributed by atoms with Crippen LogP contribution in [0, 0.1) is 0 Å². The van der Waals surface area contributed by atoms with Crippen molar-refractivity contribution in [2.45, 2.75) is 12.6 Å². The first-order valence-electron chi connectivity index (χ1n) is 6.52. The Morgan fingerprint density at radius 3 is 2.85 bits per heavy atom. The molecule has 2 rings (SSSR count). The summed E-state index contributed by atoms with van der Waals surface area (Å²) in [6.45, 7) is 1.51. The third-order valence-electron chi connectivity index (χ3n) is 2.87. The summed E-state index contributed by atoms with van der Waals surface area (Å²) in [6, 6.07) is 9.66. The lowest BCUT2D eigenvalue weighted by Gasteiger charge is -2.13. The highest BCUT2D eigenvalue weighted by atomic mass is 79.9. The summed E-state index contributed by atoms with van der Waals surface area (Å²) in [5, 5.41) is 13.1. The van der Waals surface area contributed by atoms with Crippen LogP contribution in [0.1, 0.15) is 5.56 Å². The van der Waals surface area contributed by atoms with Crippen LogP contribution in [-0.2, 0) is 13.6 Å². The molecule has 1 aromatic carbocycles. The lowest BCUT2D eigenvalue weighted by atomic mass is 10.3. The molecule has 0 amide bonds. The maximum absolute atomic E-state index is 9.88. The van der Waals surface area contributed by atoms with Crippen LogP contribution < -0.4 is 10.1 Å². The van der Waals surface area contributed by atoms with Crippen LogP contribution in [0.3, 0.4) is 0 Å². The second kappa shape index (κ2) is 7.47. The van der Waals surface area contributed by atoms with Crippen LogP contribution >= 0.6 is 15.9 Å². The summed E-state index contributed by atoms with van der Waals surface area (Å²) in [5.41, 5.74) is 1.20. The quantitative estimate of drug-likeness (QED) is 0.814. The molecule has 0 aliphatic heterocycles. The average molecular weight is 339 g/mol. The average Bonchev–Trinajstić information content (AvgIpc) is 2.83. The zero-order chi connectivity index (χ0) is 14.4. The summed E-state index contributed by atoms with van der Waals surface area (Å²) in [7, 11) is 1.99. The molecule has 4 nitrogen and oxygen atoms in total. The number of rotatable bonds is 7. The van der Waals surface area contributed by atoms with Crippen LogP contribution in [-0.4, -0.2) is 28.9 Å². The van der Waals surface area contributed by atoms with Crippen molar-refractivity contribution in [1.82, 2.24) is 9.88 Å². The fourth-order valence-corrected chi connectivity index (χ4v) is 2.25. The van der Waals surface area contributed by atoms with Crippen LogP contribution in [0.15, 0.2) is 47.2 Å². The van der Waals surface area contributed by atoms with E-state index in [0.717, 1.165) is 16.8 Å². The number of para-hydroxylation sites is 1. The molecule has 0 spiro atoms. The lowest BCUT2D eigenvalue weighted by Crippen LogP contribution is -2.31. The van der Waals surface area contributed by atoms with Crippen LogP contribution in [0.4, 0.5) is 0 Å². The Balaban J connectivity index is 1.68. The van der Waals surface area contributed by atoms with Gasteiger partial charge in [0.2, 0.25) is 0 Å². The van der Waals surface area contributed by atoms with Gasteiger partial charge in [-0.15, -0.1) is 0 Å². The van der Waals surface area contributed by atoms with Crippen LogP contribution in [0.2, 0.25) is 0 Å². The Labute approximate surface area is 127 Å². The van der Waals surface area contributed by atoms with Gasteiger partial charge in [-0.25, -0.2) is 0 Å². The summed E-state index contributed by atoms with van der Waals surface area (Å²) < 4.78 is 8.46. The zero-order valence-electron chi connectivity index (χ0n) is 11.4. The second-order valence-electron chi connectivity index (χ2n) is 4.71. The van der Waals surface area contributed by atoms with E-state index in [1.165, 1.54) is 5.56 Å². The van der Waals surface area contributed by atoms with Gasteiger partial charge in [0.05, 0.1) is 4.47 Å². The van der Waals surface area contributed by atoms with Gasteiger partial charge >= 0.3 is 0 Å². The first kappa shape index (κ1) is 15.1. The number of benzene rings is 1. The minimum atomic E-state index is -0.536. The van der Waals surface area contributed by atoms with E-state index >= 15 is 0 Å². The van der Waals surface area contributed by atoms with E-state index in [4.69, 9.17) is 4.74 Å². The Kier molecular flexibility index (Phi) is 5.64. The molecule has 0 bridgehead atoms. The van der Waals surface area contributed by atoms with E-state index in [0.29, 0.717) is 6.54 Å². The molecule has 1 heterocycles. The monoisotopic (exact) mass is 338 g/mol. The predicted octanol–water partition coefficient (Wildman–Crippen LogP) is 2.32. The van der Waals surface area contributed by atoms with Gasteiger partial charge in [-0.1, -0.05) is 12.1 Å². The van der Waals surface area contributed by atoms with Gasteiger partial charge in [-0.2, -0.15) is 0 Å². The number of halogens is 1. The molecule has 5 heteroatoms. The SMILES string of the molecule is Cn1ccc(CNCC(O)COc2ccccc2Br)c1. The van der Waals surface area contributed by atoms with Crippen LogP contribution in [0.5, 0.6) is 5.75 Å². The van der Waals surface area contributed by atoms with Crippen molar-refractivity contribution in [2.75, 3.05) is 13.2 Å². The van der Waals surface area contributed by atoms with Gasteiger partial charge in [-0.3, -0.25) is 0 Å². The van der Waals surface area contributed by atoms with E-state index in [9.17, 15) is 5.11 Å². The molecule has 20 heavy (non-hydrogen) atoms. The Bertz CT molecular complexity index is 542. The topological polar surface area (TPSA) is 46.4 Å². The third kappa shape index (κ3) is 4.67. The molecule has 1 aromatic heterocycles. The molecule has 0 saturated carbocycles. The number of hydrogen-bond donors (Lipinski definition) is 2. The number of aliphatic hydroxyl groups excluding tert-OH is 1. The van der Waals surface area contributed by atoms with Gasteiger partial charge < -0.3 is 19.7 Å². The second-order valence-corrected chi connectivity index (χ2v) is 5.57. The number of aromatic nitrogens is 1. The van der Waals surface area contributed by atoms with Gasteiger partial charge in [0, 0.05) is 32.5 Å². The fourth-order valence-electron chi connectivity index (χ4n) is 1.86. The van der Waals surface area contributed by atoms with Crippen molar-refractivity contribution in [3.8, 4) is 5.75 Å². The van der Waals surface area contributed by atoms with E-state index < -0.39 is 6.10 Å². The van der Waals surface area contributed by atoms with Crippen molar-refractivity contribution < 1.29 is 9.84 Å². The van der Waals surface area contributed by atoms with Crippen molar-refractivity contribution in [1.29, 1.82) is 0 Å². The van der Waals surface area contributed by atoms with Crippen molar-refractivity contribution in [3.63, 3.8) is 0 Å². The standard InChI is InChI=1S/C15H19BrN2O2/c1-18-7-6-12(10-18)8-17-9-13(19)11-20-15-5-3-2-4-14(15)16/h2-7,10,13,17,19H,8-9,11H2,1H3. The van der Waals surface area contributed by atoms with Crippen LogP contribution in [0.25, 0.3) is 0 Å². The van der Waals surface area contributed by atoms with Crippen molar-refractivity contribution >= 4 is 15.9 Å². The third-order valence-corrected chi connectivity index (χ3v) is 3.53. The van der Waals surface area contributed by atoms with E-state index in [-0.39, 0.29) is 6.61 Å². The molecule has 2 aromatic rings. The summed E-state index contributed by atoms with van der Waals surface area (Å²) in [5.74, 6) is 0.745. The number of nitrogens with zero attached hydrogens (tertiary/aromatic N) is 1. The summed E-state index contributed by atoms with van der Waals surface area (Å²) in [6.07, 6.45) is 3.52. The highest BCUT2D eigenvalue weighted by Crippen LogP contribution is 2.23. The number of nitrogens with one attached hydrogen (secondary N) is 1. The smallest absolute Gasteiger partial charge is 0.133 e. The molecular formula is C15H19BrN2O2. The number of aliphatic hydroxyl groups is 1. The molecule has 1 atom stereocenters. The Morgan fingerprint density at radius 1 is 1.35 bits per heavy atom. The molecular weight excluding hydrogens is 320 g/mol. The molecule has 0 radical (unpaired) electrons. The largest absolute Gasteiger partial charge is 0.490 e. The number of hydrogen-bond acceptors (Lipinski definition) is 3. The molecule has 0 aliphatic carbocycles. The van der Waals surface area contributed by atoms with E-state index in [1.807, 2.05) is 42.1 Å². The normalized spacial score (nSPS) is 12.3. The molecule has 0 saturated heterocycles. The Morgan fingerprint density at radius 2 is 2.15 bits per heavy atom. The van der Waals surface area contributed by atoms with Gasteiger partial charge in [-0.05, 0) is 39.7 Å². The highest BCUT2D eigenvalue weighted by molar-refractivity contribution is 9.10. The maximum atomic E-state index is 9.88. The van der Waals surface area contributed by atoms with Gasteiger partial charge in [0.1, 0.15) is 18.5 Å². The maximum Gasteiger partial charge on any atom is 0.133 e. The highest BCUT2D eigenvalue weighted by Gasteiger charge is 2.06. The Hall–Kier alpha value is -1.30. The fraction of sp³-hybridized carbons (Fsp3) is 0.333. The number of aryl methyl sites for hydroxylation is 1. The molecule has 2 N–H and O–H groups in total. The first-order valence-corrected chi connectivity index (χ1v) is 7.31. The molecule has 1 unspecified atom stereocenters.